The minimum absolute atomic E-state index is 0.0721. The van der Waals surface area contributed by atoms with Crippen molar-refractivity contribution in [3.05, 3.63) is 18.0 Å². The Labute approximate surface area is 153 Å². The molecule has 2 fully saturated rings. The fourth-order valence-electron chi connectivity index (χ4n) is 3.81. The molecule has 1 aliphatic heterocycles. The summed E-state index contributed by atoms with van der Waals surface area (Å²) < 4.78 is 28.4. The highest BCUT2D eigenvalue weighted by Crippen LogP contribution is 2.30. The van der Waals surface area contributed by atoms with Gasteiger partial charge in [-0.1, -0.05) is 19.3 Å². The summed E-state index contributed by atoms with van der Waals surface area (Å²) in [4.78, 5) is 24.3. The number of rotatable bonds is 5. The summed E-state index contributed by atoms with van der Waals surface area (Å²) in [5, 5.41) is 12.1. The molecule has 26 heavy (non-hydrogen) atoms. The van der Waals surface area contributed by atoms with Crippen molar-refractivity contribution in [3.63, 3.8) is 0 Å². The molecular weight excluding hydrogens is 358 g/mol. The van der Waals surface area contributed by atoms with Crippen LogP contribution in [0.1, 0.15) is 55.4 Å². The van der Waals surface area contributed by atoms with Gasteiger partial charge >= 0.3 is 5.97 Å². The van der Waals surface area contributed by atoms with Gasteiger partial charge in [0.05, 0.1) is 0 Å². The maximum atomic E-state index is 12.8. The molecule has 1 aliphatic carbocycles. The van der Waals surface area contributed by atoms with Crippen LogP contribution in [-0.4, -0.2) is 52.9 Å². The smallest absolute Gasteiger partial charge is 0.329 e. The van der Waals surface area contributed by atoms with E-state index in [9.17, 15) is 23.1 Å². The molecule has 1 saturated carbocycles. The van der Waals surface area contributed by atoms with E-state index in [1.807, 2.05) is 0 Å². The number of aliphatic carboxylic acids is 1. The molecule has 1 aromatic rings. The van der Waals surface area contributed by atoms with E-state index >= 15 is 0 Å². The fraction of sp³-hybridized carbons (Fsp3) is 0.647. The quantitative estimate of drug-likeness (QED) is 0.797. The highest BCUT2D eigenvalue weighted by Gasteiger charge is 2.43. The number of aryl methyl sites for hydroxylation is 1. The van der Waals surface area contributed by atoms with Crippen LogP contribution < -0.4 is 5.32 Å². The van der Waals surface area contributed by atoms with Crippen LogP contribution in [0.4, 0.5) is 0 Å². The first-order valence-corrected chi connectivity index (χ1v) is 10.4. The van der Waals surface area contributed by atoms with Crippen LogP contribution in [0.25, 0.3) is 0 Å². The van der Waals surface area contributed by atoms with Gasteiger partial charge in [-0.25, -0.2) is 13.2 Å². The second-order valence-corrected chi connectivity index (χ2v) is 9.12. The molecule has 9 heteroatoms. The maximum absolute atomic E-state index is 12.8. The largest absolute Gasteiger partial charge is 0.480 e. The number of piperidine rings is 1. The number of amides is 1. The Morgan fingerprint density at radius 2 is 1.73 bits per heavy atom. The normalized spacial score (nSPS) is 20.8. The van der Waals surface area contributed by atoms with Crippen molar-refractivity contribution in [1.29, 1.82) is 0 Å². The van der Waals surface area contributed by atoms with Gasteiger partial charge in [0.2, 0.25) is 10.0 Å². The third kappa shape index (κ3) is 3.37. The summed E-state index contributed by atoms with van der Waals surface area (Å²) in [5.74, 6) is -1.60. The van der Waals surface area contributed by atoms with Crippen molar-refractivity contribution >= 4 is 21.9 Å². The summed E-state index contributed by atoms with van der Waals surface area (Å²) in [7, 11) is -2.05. The third-order valence-corrected chi connectivity index (χ3v) is 7.25. The summed E-state index contributed by atoms with van der Waals surface area (Å²) in [6.07, 6.45) is 6.37. The Kier molecular flexibility index (Phi) is 5.12. The number of carboxylic acid groups (broad SMARTS) is 1. The van der Waals surface area contributed by atoms with E-state index in [1.165, 1.54) is 21.1 Å². The first kappa shape index (κ1) is 18.9. The zero-order chi connectivity index (χ0) is 18.9. The zero-order valence-corrected chi connectivity index (χ0v) is 15.7. The van der Waals surface area contributed by atoms with Gasteiger partial charge in [-0.15, -0.1) is 0 Å². The molecule has 144 valence electrons. The predicted octanol–water partition coefficient (Wildman–Crippen LogP) is 1.33. The van der Waals surface area contributed by atoms with Crippen LogP contribution in [0.3, 0.4) is 0 Å². The molecule has 0 radical (unpaired) electrons. The molecule has 2 heterocycles. The van der Waals surface area contributed by atoms with E-state index in [1.54, 1.807) is 7.05 Å². The van der Waals surface area contributed by atoms with Gasteiger partial charge < -0.3 is 15.0 Å². The molecular formula is C17H25N3O5S. The van der Waals surface area contributed by atoms with Gasteiger partial charge in [-0.3, -0.25) is 4.79 Å². The molecule has 1 saturated heterocycles. The lowest BCUT2D eigenvalue weighted by atomic mass is 9.97. The highest BCUT2D eigenvalue weighted by atomic mass is 32.2. The number of nitrogens with one attached hydrogen (secondary N) is 1. The molecule has 0 aromatic carbocycles. The zero-order valence-electron chi connectivity index (χ0n) is 14.9. The molecule has 8 nitrogen and oxygen atoms in total. The average Bonchev–Trinajstić information content (AvgIpc) is 3.23. The van der Waals surface area contributed by atoms with E-state index in [-0.39, 0.29) is 10.6 Å². The summed E-state index contributed by atoms with van der Waals surface area (Å²) in [6.45, 7) is 0.974. The van der Waals surface area contributed by atoms with Crippen LogP contribution in [0.5, 0.6) is 0 Å². The van der Waals surface area contributed by atoms with E-state index < -0.39 is 27.4 Å². The van der Waals surface area contributed by atoms with Crippen molar-refractivity contribution in [2.45, 2.75) is 55.4 Å². The minimum atomic E-state index is -3.64. The van der Waals surface area contributed by atoms with Crippen molar-refractivity contribution in [3.8, 4) is 0 Å². The Bertz CT molecular complexity index is 802. The lowest BCUT2D eigenvalue weighted by molar-refractivity contribution is -0.144. The first-order valence-electron chi connectivity index (χ1n) is 8.99. The van der Waals surface area contributed by atoms with Crippen molar-refractivity contribution in [1.82, 2.24) is 14.2 Å². The molecule has 0 atom stereocenters. The van der Waals surface area contributed by atoms with E-state index in [0.717, 1.165) is 32.1 Å². The lowest BCUT2D eigenvalue weighted by Gasteiger charge is -2.25. The molecule has 0 bridgehead atoms. The molecule has 3 rings (SSSR count). The van der Waals surface area contributed by atoms with Gasteiger partial charge in [-0.2, -0.15) is 4.31 Å². The molecule has 2 N–H and O–H groups in total. The number of carboxylic acids is 1. The molecule has 0 unspecified atom stereocenters. The maximum Gasteiger partial charge on any atom is 0.329 e. The van der Waals surface area contributed by atoms with E-state index in [2.05, 4.69) is 5.32 Å². The highest BCUT2D eigenvalue weighted by molar-refractivity contribution is 7.89. The molecule has 1 aromatic heterocycles. The van der Waals surface area contributed by atoms with Crippen LogP contribution >= 0.6 is 0 Å². The monoisotopic (exact) mass is 383 g/mol. The topological polar surface area (TPSA) is 109 Å². The third-order valence-electron chi connectivity index (χ3n) is 5.38. The first-order chi connectivity index (χ1) is 12.3. The number of sulfonamides is 1. The van der Waals surface area contributed by atoms with Gasteiger partial charge in [0.1, 0.15) is 16.1 Å². The fourth-order valence-corrected chi connectivity index (χ4v) is 5.40. The minimum Gasteiger partial charge on any atom is -0.480 e. The van der Waals surface area contributed by atoms with Gasteiger partial charge in [0, 0.05) is 26.3 Å². The number of nitrogens with zero attached hydrogens (tertiary/aromatic N) is 2. The van der Waals surface area contributed by atoms with Crippen LogP contribution in [0.2, 0.25) is 0 Å². The van der Waals surface area contributed by atoms with Crippen molar-refractivity contribution in [2.24, 2.45) is 7.05 Å². The van der Waals surface area contributed by atoms with Gasteiger partial charge in [-0.05, 0) is 31.7 Å². The second-order valence-electron chi connectivity index (χ2n) is 7.19. The standard InChI is InChI=1S/C17H25N3O5S/c1-19-12-13(26(24,25)20-9-5-2-6-10-20)11-14(19)15(21)18-17(16(22)23)7-3-4-8-17/h11-12H,2-10H2,1H3,(H,18,21)(H,22,23). The summed E-state index contributed by atoms with van der Waals surface area (Å²) in [5.41, 5.74) is -1.11. The number of carbonyl (C=O) groups is 2. The van der Waals surface area contributed by atoms with E-state index in [4.69, 9.17) is 0 Å². The van der Waals surface area contributed by atoms with Crippen LogP contribution in [-0.2, 0) is 21.9 Å². The average molecular weight is 383 g/mol. The summed E-state index contributed by atoms with van der Waals surface area (Å²) >= 11 is 0. The Morgan fingerprint density at radius 1 is 1.12 bits per heavy atom. The lowest BCUT2D eigenvalue weighted by Crippen LogP contribution is -2.52. The number of carbonyl (C=O) groups excluding carboxylic acids is 1. The van der Waals surface area contributed by atoms with Crippen molar-refractivity contribution < 1.29 is 23.1 Å². The summed E-state index contributed by atoms with van der Waals surface area (Å²) in [6, 6.07) is 1.34. The molecule has 0 spiro atoms. The SMILES string of the molecule is Cn1cc(S(=O)(=O)N2CCCCC2)cc1C(=O)NC1(C(=O)O)CCCC1. The number of hydrogen-bond acceptors (Lipinski definition) is 4. The molecule has 1 amide bonds. The van der Waals surface area contributed by atoms with Crippen molar-refractivity contribution in [2.75, 3.05) is 13.1 Å². The Hall–Kier alpha value is -1.87. The van der Waals surface area contributed by atoms with Crippen LogP contribution in [0.15, 0.2) is 17.2 Å². The van der Waals surface area contributed by atoms with Crippen LogP contribution in [0, 0.1) is 0 Å². The van der Waals surface area contributed by atoms with Gasteiger partial charge in [0.25, 0.3) is 5.91 Å². The second kappa shape index (κ2) is 7.03. The van der Waals surface area contributed by atoms with Gasteiger partial charge in [0.15, 0.2) is 0 Å². The molecule has 2 aliphatic rings. The Morgan fingerprint density at radius 3 is 2.31 bits per heavy atom. The Balaban J connectivity index is 1.83. The number of hydrogen-bond donors (Lipinski definition) is 2. The predicted molar refractivity (Wildman–Crippen MR) is 94.3 cm³/mol. The number of aromatic nitrogens is 1. The van der Waals surface area contributed by atoms with E-state index in [0.29, 0.717) is 25.9 Å².